The Labute approximate surface area is 268 Å². The van der Waals surface area contributed by atoms with E-state index in [4.69, 9.17) is 9.47 Å². The van der Waals surface area contributed by atoms with Crippen molar-refractivity contribution in [1.29, 1.82) is 0 Å². The summed E-state index contributed by atoms with van der Waals surface area (Å²) < 4.78 is 11.6. The summed E-state index contributed by atoms with van der Waals surface area (Å²) in [5, 5.41) is 9.73. The van der Waals surface area contributed by atoms with Crippen LogP contribution in [0.3, 0.4) is 0 Å². The van der Waals surface area contributed by atoms with E-state index in [0.717, 1.165) is 11.1 Å². The SMILES string of the molecule is CC(C)CC(OC(c1ccccc1)c1ccc(C(=O)N2CCN(C(=O)OC(C)(C)C)CC2)cc1)C(=O)O.[KH]. The summed E-state index contributed by atoms with van der Waals surface area (Å²) in [6.45, 7) is 11.1. The molecule has 0 aromatic heterocycles. The molecule has 2 unspecified atom stereocenters. The average molecular weight is 551 g/mol. The third-order valence-corrected chi connectivity index (χ3v) is 6.04. The second kappa shape index (κ2) is 14.6. The standard InChI is InChI=1S/C29H38N2O6.K.H/c1-20(2)19-24(27(33)34)36-25(21-9-7-6-8-10-21)22-11-13-23(14-12-22)26(32)30-15-17-31(18-16-30)28(35)37-29(3,4)5;;/h6-14,20,24-25H,15-19H2,1-5H3,(H,33,34);;. The molecule has 1 fully saturated rings. The van der Waals surface area contributed by atoms with Crippen LogP contribution in [-0.2, 0) is 14.3 Å². The molecule has 2 aromatic rings. The number of carboxylic acids is 1. The molecule has 202 valence electrons. The molecule has 2 aromatic carbocycles. The van der Waals surface area contributed by atoms with Crippen molar-refractivity contribution in [2.24, 2.45) is 5.92 Å². The number of piperazine rings is 1. The van der Waals surface area contributed by atoms with E-state index in [-0.39, 0.29) is 69.3 Å². The normalized spacial score (nSPS) is 15.4. The van der Waals surface area contributed by atoms with Crippen LogP contribution in [0.5, 0.6) is 0 Å². The van der Waals surface area contributed by atoms with Gasteiger partial charge in [-0.1, -0.05) is 56.3 Å². The van der Waals surface area contributed by atoms with E-state index in [2.05, 4.69) is 0 Å². The molecule has 1 aliphatic rings. The van der Waals surface area contributed by atoms with Gasteiger partial charge in [0.25, 0.3) is 5.91 Å². The summed E-state index contributed by atoms with van der Waals surface area (Å²) in [7, 11) is 0. The Hall–Kier alpha value is -1.75. The van der Waals surface area contributed by atoms with Gasteiger partial charge in [-0.15, -0.1) is 0 Å². The molecule has 1 saturated heterocycles. The molecule has 3 rings (SSSR count). The first kappa shape index (κ1) is 32.5. The van der Waals surface area contributed by atoms with E-state index in [1.165, 1.54) is 0 Å². The van der Waals surface area contributed by atoms with Gasteiger partial charge in [-0.3, -0.25) is 4.79 Å². The van der Waals surface area contributed by atoms with Crippen molar-refractivity contribution < 1.29 is 29.0 Å². The van der Waals surface area contributed by atoms with E-state index >= 15 is 0 Å². The zero-order valence-electron chi connectivity index (χ0n) is 22.3. The number of carboxylic acid groups (broad SMARTS) is 1. The van der Waals surface area contributed by atoms with E-state index in [0.29, 0.717) is 38.2 Å². The van der Waals surface area contributed by atoms with Gasteiger partial charge in [-0.2, -0.15) is 0 Å². The van der Waals surface area contributed by atoms with Crippen molar-refractivity contribution in [3.05, 3.63) is 71.3 Å². The summed E-state index contributed by atoms with van der Waals surface area (Å²) >= 11 is 0. The third kappa shape index (κ3) is 9.46. The number of nitrogens with zero attached hydrogens (tertiary/aromatic N) is 2. The van der Waals surface area contributed by atoms with Gasteiger partial charge < -0.3 is 24.4 Å². The Morgan fingerprint density at radius 2 is 1.39 bits per heavy atom. The fraction of sp³-hybridized carbons (Fsp3) is 0.483. The van der Waals surface area contributed by atoms with E-state index in [1.807, 2.05) is 77.1 Å². The molecule has 2 atom stereocenters. The van der Waals surface area contributed by atoms with Crippen molar-refractivity contribution in [3.8, 4) is 0 Å². The van der Waals surface area contributed by atoms with Crippen molar-refractivity contribution in [3.63, 3.8) is 0 Å². The van der Waals surface area contributed by atoms with Crippen LogP contribution in [0.4, 0.5) is 4.79 Å². The Bertz CT molecular complexity index is 1060. The second-order valence-electron chi connectivity index (χ2n) is 10.8. The minimum absolute atomic E-state index is 0. The van der Waals surface area contributed by atoms with E-state index in [9.17, 15) is 19.5 Å². The number of rotatable bonds is 8. The molecular weight excluding hydrogens is 511 g/mol. The van der Waals surface area contributed by atoms with Crippen LogP contribution in [0, 0.1) is 5.92 Å². The fourth-order valence-corrected chi connectivity index (χ4v) is 4.19. The Kier molecular flexibility index (Phi) is 12.5. The predicted molar refractivity (Wildman–Crippen MR) is 148 cm³/mol. The average Bonchev–Trinajstić information content (AvgIpc) is 2.85. The molecule has 0 saturated carbocycles. The molecule has 0 bridgehead atoms. The molecule has 0 aliphatic carbocycles. The van der Waals surface area contributed by atoms with Crippen molar-refractivity contribution >= 4 is 69.4 Å². The number of aliphatic carboxylic acids is 1. The van der Waals surface area contributed by atoms with Gasteiger partial charge >= 0.3 is 63.4 Å². The summed E-state index contributed by atoms with van der Waals surface area (Å²) in [5.74, 6) is -0.948. The first-order valence-electron chi connectivity index (χ1n) is 12.7. The quantitative estimate of drug-likeness (QED) is 0.492. The van der Waals surface area contributed by atoms with E-state index in [1.54, 1.807) is 21.9 Å². The van der Waals surface area contributed by atoms with Crippen LogP contribution >= 0.6 is 0 Å². The molecule has 0 radical (unpaired) electrons. The van der Waals surface area contributed by atoms with Crippen LogP contribution < -0.4 is 0 Å². The molecule has 38 heavy (non-hydrogen) atoms. The predicted octanol–water partition coefficient (Wildman–Crippen LogP) is 4.34. The van der Waals surface area contributed by atoms with Gasteiger partial charge in [0.05, 0.1) is 0 Å². The number of benzene rings is 2. The molecular formula is C29H39KN2O6. The van der Waals surface area contributed by atoms with Gasteiger partial charge in [0, 0.05) is 31.7 Å². The molecule has 9 heteroatoms. The molecule has 8 nitrogen and oxygen atoms in total. The zero-order valence-corrected chi connectivity index (χ0v) is 22.3. The number of hydrogen-bond acceptors (Lipinski definition) is 5. The summed E-state index contributed by atoms with van der Waals surface area (Å²) in [6, 6.07) is 16.6. The maximum atomic E-state index is 13.1. The van der Waals surface area contributed by atoms with E-state index < -0.39 is 23.8 Å². The number of carbonyl (C=O) groups excluding carboxylic acids is 2. The first-order valence-corrected chi connectivity index (χ1v) is 12.7. The molecule has 1 heterocycles. The van der Waals surface area contributed by atoms with Crippen molar-refractivity contribution in [2.45, 2.75) is 58.8 Å². The van der Waals surface area contributed by atoms with Gasteiger partial charge in [0.1, 0.15) is 11.7 Å². The number of amides is 2. The molecule has 1 aliphatic heterocycles. The summed E-state index contributed by atoms with van der Waals surface area (Å²) in [5.41, 5.74) is 1.58. The van der Waals surface area contributed by atoms with Crippen LogP contribution in [0.1, 0.15) is 68.6 Å². The van der Waals surface area contributed by atoms with Crippen LogP contribution in [0.15, 0.2) is 54.6 Å². The van der Waals surface area contributed by atoms with Gasteiger partial charge in [0.15, 0.2) is 6.10 Å². The number of carbonyl (C=O) groups is 3. The van der Waals surface area contributed by atoms with Crippen molar-refractivity contribution in [1.82, 2.24) is 9.80 Å². The van der Waals surface area contributed by atoms with Crippen LogP contribution in [-0.4, -0.2) is 122 Å². The fourth-order valence-electron chi connectivity index (χ4n) is 4.19. The first-order chi connectivity index (χ1) is 17.4. The van der Waals surface area contributed by atoms with Gasteiger partial charge in [-0.25, -0.2) is 9.59 Å². The number of ether oxygens (including phenoxy) is 2. The molecule has 2 amide bonds. The second-order valence-corrected chi connectivity index (χ2v) is 10.8. The van der Waals surface area contributed by atoms with Crippen LogP contribution in [0.25, 0.3) is 0 Å². The Balaban J connectivity index is 0.00000507. The maximum absolute atomic E-state index is 13.1. The summed E-state index contributed by atoms with van der Waals surface area (Å²) in [6.07, 6.45) is -1.51. The third-order valence-electron chi connectivity index (χ3n) is 6.04. The molecule has 0 spiro atoms. The summed E-state index contributed by atoms with van der Waals surface area (Å²) in [4.78, 5) is 40.7. The van der Waals surface area contributed by atoms with Gasteiger partial charge in [0.2, 0.25) is 0 Å². The van der Waals surface area contributed by atoms with Crippen LogP contribution in [0.2, 0.25) is 0 Å². The monoisotopic (exact) mass is 550 g/mol. The minimum atomic E-state index is -0.994. The van der Waals surface area contributed by atoms with Gasteiger partial charge in [-0.05, 0) is 56.4 Å². The zero-order chi connectivity index (χ0) is 27.2. The molecule has 1 N–H and O–H groups in total. The van der Waals surface area contributed by atoms with Crippen molar-refractivity contribution in [2.75, 3.05) is 26.2 Å². The topological polar surface area (TPSA) is 96.4 Å². The Morgan fingerprint density at radius 1 is 0.868 bits per heavy atom. The Morgan fingerprint density at radius 3 is 1.89 bits per heavy atom. The number of hydrogen-bond donors (Lipinski definition) is 1.